The first-order chi connectivity index (χ1) is 18.2. The molecule has 1 aromatic carbocycles. The Morgan fingerprint density at radius 2 is 1.92 bits per heavy atom. The smallest absolute Gasteiger partial charge is 0.352 e. The van der Waals surface area contributed by atoms with Crippen molar-refractivity contribution >= 4 is 23.9 Å². The second-order valence-electron chi connectivity index (χ2n) is 10.4. The molecule has 39 heavy (non-hydrogen) atoms. The van der Waals surface area contributed by atoms with Crippen LogP contribution in [0.25, 0.3) is 0 Å². The first kappa shape index (κ1) is 28.4. The predicted molar refractivity (Wildman–Crippen MR) is 133 cm³/mol. The fourth-order valence-corrected chi connectivity index (χ4v) is 6.03. The quantitative estimate of drug-likeness (QED) is 0.331. The fraction of sp³-hybridized carbons (Fsp3) is 0.556. The number of piperidine rings is 1. The molecule has 0 saturated carbocycles. The zero-order valence-corrected chi connectivity index (χ0v) is 22.4. The van der Waals surface area contributed by atoms with Gasteiger partial charge in [0.2, 0.25) is 6.10 Å². The molecule has 1 spiro atoms. The highest BCUT2D eigenvalue weighted by Gasteiger charge is 2.69. The average molecular weight is 548 g/mol. The molecular weight excluding hydrogens is 514 g/mol. The number of rotatable bonds is 7. The first-order valence-corrected chi connectivity index (χ1v) is 12.7. The van der Waals surface area contributed by atoms with Gasteiger partial charge >= 0.3 is 23.9 Å². The number of esters is 3. The van der Waals surface area contributed by atoms with Crippen molar-refractivity contribution in [2.24, 2.45) is 0 Å². The number of nitrogens with zero attached hydrogens (tertiary/aromatic N) is 1. The number of hydrogen-bond donors (Lipinski definition) is 3. The van der Waals surface area contributed by atoms with E-state index in [4.69, 9.17) is 19.3 Å². The molecule has 3 N–H and O–H groups in total. The SMILES string of the molecule is CC(=O)O[C@@H](CC(=O)O[C@@H](C)C(=O)OC1=CC[C@@]2(O)[C@@H](C)N(C)CC[C@@]23c2c(C)ccc(O)c2O[C@@H]13)C(=O)O. The first-order valence-electron chi connectivity index (χ1n) is 12.7. The minimum atomic E-state index is -1.76. The van der Waals surface area contributed by atoms with Crippen molar-refractivity contribution in [2.75, 3.05) is 13.6 Å². The lowest BCUT2D eigenvalue weighted by Crippen LogP contribution is -2.71. The predicted octanol–water partition coefficient (Wildman–Crippen LogP) is 1.32. The summed E-state index contributed by atoms with van der Waals surface area (Å²) in [6.07, 6.45) is -2.77. The van der Waals surface area contributed by atoms with Crippen LogP contribution in [0.4, 0.5) is 0 Å². The Hall–Kier alpha value is -3.64. The van der Waals surface area contributed by atoms with Gasteiger partial charge in [-0.25, -0.2) is 9.59 Å². The summed E-state index contributed by atoms with van der Waals surface area (Å²) in [7, 11) is 1.92. The van der Waals surface area contributed by atoms with E-state index in [2.05, 4.69) is 4.74 Å². The van der Waals surface area contributed by atoms with E-state index < -0.39 is 59.6 Å². The van der Waals surface area contributed by atoms with Crippen LogP contribution in [0.3, 0.4) is 0 Å². The number of aromatic hydroxyl groups is 1. The number of benzene rings is 1. The van der Waals surface area contributed by atoms with Gasteiger partial charge < -0.3 is 39.2 Å². The van der Waals surface area contributed by atoms with E-state index in [9.17, 15) is 29.4 Å². The van der Waals surface area contributed by atoms with Crippen LogP contribution in [0.2, 0.25) is 0 Å². The number of likely N-dealkylation sites (N-methyl/N-ethyl adjacent to an activating group) is 1. The number of ether oxygens (including phenoxy) is 4. The number of carbonyl (C=O) groups excluding carboxylic acids is 3. The lowest BCUT2D eigenvalue weighted by Gasteiger charge is -2.58. The van der Waals surface area contributed by atoms with Crippen molar-refractivity contribution in [1.29, 1.82) is 0 Å². The maximum atomic E-state index is 13.0. The summed E-state index contributed by atoms with van der Waals surface area (Å²) in [4.78, 5) is 49.6. The third kappa shape index (κ3) is 4.61. The average Bonchev–Trinajstić information content (AvgIpc) is 3.23. The molecule has 0 amide bonds. The van der Waals surface area contributed by atoms with Crippen LogP contribution >= 0.6 is 0 Å². The molecule has 12 heteroatoms. The van der Waals surface area contributed by atoms with Crippen molar-refractivity contribution in [2.45, 2.75) is 82.3 Å². The van der Waals surface area contributed by atoms with Crippen LogP contribution in [-0.4, -0.2) is 87.6 Å². The van der Waals surface area contributed by atoms with E-state index in [0.29, 0.717) is 18.5 Å². The van der Waals surface area contributed by atoms with Gasteiger partial charge in [0, 0.05) is 24.9 Å². The molecule has 3 aliphatic rings. The molecule has 1 saturated heterocycles. The summed E-state index contributed by atoms with van der Waals surface area (Å²) in [6.45, 7) is 6.66. The Labute approximate surface area is 225 Å². The highest BCUT2D eigenvalue weighted by molar-refractivity contribution is 5.85. The van der Waals surface area contributed by atoms with Gasteiger partial charge in [0.25, 0.3) is 0 Å². The molecule has 0 bridgehead atoms. The van der Waals surface area contributed by atoms with E-state index in [1.807, 2.05) is 25.8 Å². The molecule has 0 aromatic heterocycles. The number of phenolic OH excluding ortho intramolecular Hbond substituents is 1. The van der Waals surface area contributed by atoms with Gasteiger partial charge in [-0.15, -0.1) is 0 Å². The van der Waals surface area contributed by atoms with Crippen LogP contribution in [0.1, 0.15) is 51.2 Å². The van der Waals surface area contributed by atoms with Crippen molar-refractivity contribution in [3.63, 3.8) is 0 Å². The van der Waals surface area contributed by atoms with Gasteiger partial charge in [0.05, 0.1) is 17.4 Å². The number of carboxylic acids is 1. The number of carbonyl (C=O) groups is 4. The molecule has 1 aliphatic carbocycles. The lowest BCUT2D eigenvalue weighted by molar-refractivity contribution is -0.175. The van der Waals surface area contributed by atoms with Crippen LogP contribution in [0, 0.1) is 6.92 Å². The number of aryl methyl sites for hydroxylation is 1. The zero-order chi connectivity index (χ0) is 28.9. The van der Waals surface area contributed by atoms with E-state index in [0.717, 1.165) is 12.5 Å². The van der Waals surface area contributed by atoms with Crippen molar-refractivity contribution < 1.29 is 53.4 Å². The zero-order valence-electron chi connectivity index (χ0n) is 22.4. The molecule has 1 aromatic rings. The Morgan fingerprint density at radius 3 is 2.56 bits per heavy atom. The summed E-state index contributed by atoms with van der Waals surface area (Å²) in [5.74, 6) is -4.20. The molecule has 212 valence electrons. The van der Waals surface area contributed by atoms with Crippen LogP contribution < -0.4 is 4.74 Å². The number of aliphatic carboxylic acids is 1. The number of phenols is 1. The normalized spacial score (nSPS) is 28.9. The van der Waals surface area contributed by atoms with E-state index in [-0.39, 0.29) is 29.7 Å². The van der Waals surface area contributed by atoms with Gasteiger partial charge in [0.15, 0.2) is 23.7 Å². The standard InChI is InChI=1S/C27H33NO11/c1-13-6-7-17(30)22-21(13)26-10-11-28(5)15(3)27(26,35)9-8-18(23(26)39-22)38-25(34)14(2)36-20(31)12-19(24(32)33)37-16(4)29/h6-8,14-15,19,23,30,35H,9-12H2,1-5H3,(H,32,33)/t14-,15+,19-,23-,26-,27+/m0/s1. The molecule has 0 radical (unpaired) electrons. The van der Waals surface area contributed by atoms with Crippen molar-refractivity contribution in [1.82, 2.24) is 4.90 Å². The van der Waals surface area contributed by atoms with E-state index in [1.165, 1.54) is 13.0 Å². The molecular formula is C27H33NO11. The third-order valence-corrected chi connectivity index (χ3v) is 8.13. The Bertz CT molecular complexity index is 1240. The minimum absolute atomic E-state index is 0.0953. The van der Waals surface area contributed by atoms with Gasteiger partial charge in [-0.3, -0.25) is 9.59 Å². The van der Waals surface area contributed by atoms with Gasteiger partial charge in [-0.1, -0.05) is 6.07 Å². The molecule has 0 unspecified atom stereocenters. The van der Waals surface area contributed by atoms with Crippen LogP contribution in [0.15, 0.2) is 24.0 Å². The van der Waals surface area contributed by atoms with Crippen molar-refractivity contribution in [3.8, 4) is 11.5 Å². The molecule has 6 atom stereocenters. The van der Waals surface area contributed by atoms with E-state index >= 15 is 0 Å². The Balaban J connectivity index is 1.58. The Kier molecular flexibility index (Phi) is 7.39. The van der Waals surface area contributed by atoms with Crippen LogP contribution in [-0.2, 0) is 38.8 Å². The third-order valence-electron chi connectivity index (χ3n) is 8.13. The van der Waals surface area contributed by atoms with Crippen LogP contribution in [0.5, 0.6) is 11.5 Å². The largest absolute Gasteiger partial charge is 0.504 e. The molecule has 2 heterocycles. The highest BCUT2D eigenvalue weighted by atomic mass is 16.6. The number of carboxylic acid groups (broad SMARTS) is 1. The molecule has 4 rings (SSSR count). The minimum Gasteiger partial charge on any atom is -0.504 e. The number of aliphatic hydroxyl groups is 1. The summed E-state index contributed by atoms with van der Waals surface area (Å²) >= 11 is 0. The summed E-state index contributed by atoms with van der Waals surface area (Å²) < 4.78 is 21.5. The lowest BCUT2D eigenvalue weighted by atomic mass is 9.54. The summed E-state index contributed by atoms with van der Waals surface area (Å²) in [6, 6.07) is 2.97. The van der Waals surface area contributed by atoms with Gasteiger partial charge in [-0.2, -0.15) is 0 Å². The number of hydrogen-bond acceptors (Lipinski definition) is 11. The molecule has 2 aliphatic heterocycles. The number of likely N-dealkylation sites (tertiary alicyclic amines) is 1. The second-order valence-corrected chi connectivity index (χ2v) is 10.4. The second kappa shape index (κ2) is 10.2. The maximum Gasteiger partial charge on any atom is 0.352 e. The summed E-state index contributed by atoms with van der Waals surface area (Å²) in [5, 5.41) is 32.0. The van der Waals surface area contributed by atoms with Crippen molar-refractivity contribution in [3.05, 3.63) is 35.1 Å². The molecule has 1 fully saturated rings. The van der Waals surface area contributed by atoms with E-state index in [1.54, 1.807) is 12.1 Å². The molecule has 12 nitrogen and oxygen atoms in total. The van der Waals surface area contributed by atoms with Gasteiger partial charge in [0.1, 0.15) is 5.76 Å². The fourth-order valence-electron chi connectivity index (χ4n) is 6.03. The number of fused-ring (bicyclic) bond motifs is 1. The highest BCUT2D eigenvalue weighted by Crippen LogP contribution is 2.62. The summed E-state index contributed by atoms with van der Waals surface area (Å²) in [5.41, 5.74) is -0.858. The maximum absolute atomic E-state index is 13.0. The van der Waals surface area contributed by atoms with Gasteiger partial charge in [-0.05, 0) is 58.5 Å². The topological polar surface area (TPSA) is 169 Å². The Morgan fingerprint density at radius 1 is 1.23 bits per heavy atom. The monoisotopic (exact) mass is 547 g/mol.